The number of rotatable bonds is 1. The van der Waals surface area contributed by atoms with Gasteiger partial charge in [-0.1, -0.05) is 11.6 Å². The van der Waals surface area contributed by atoms with E-state index in [0.29, 0.717) is 0 Å². The summed E-state index contributed by atoms with van der Waals surface area (Å²) in [5, 5.41) is -0.586. The molecule has 0 fully saturated rings. The molecule has 0 atom stereocenters. The summed E-state index contributed by atoms with van der Waals surface area (Å²) in [5.74, 6) is -3.60. The summed E-state index contributed by atoms with van der Waals surface area (Å²) in [7, 11) is 0. The van der Waals surface area contributed by atoms with E-state index in [2.05, 4.69) is 15.9 Å². The molecule has 0 bridgehead atoms. The third kappa shape index (κ3) is 2.49. The van der Waals surface area contributed by atoms with Crippen LogP contribution in [0, 0.1) is 5.82 Å². The molecule has 0 spiro atoms. The van der Waals surface area contributed by atoms with Crippen LogP contribution < -0.4 is 0 Å². The highest BCUT2D eigenvalue weighted by atomic mass is 79.9. The van der Waals surface area contributed by atoms with Crippen LogP contribution in [0.5, 0.6) is 0 Å². The molecule has 0 saturated heterocycles. The van der Waals surface area contributed by atoms with E-state index >= 15 is 0 Å². The molecular weight excluding hydrogens is 303 g/mol. The first-order chi connectivity index (χ1) is 6.75. The second kappa shape index (κ2) is 4.09. The number of halogens is 6. The van der Waals surface area contributed by atoms with E-state index in [1.54, 1.807) is 0 Å². The number of Topliss-reactive ketones (excluding diaryl/α,β-unsaturated/α-hetero) is 1. The number of ketones is 1. The number of carbonyl (C=O) groups excluding carboxylic acids is 1. The summed E-state index contributed by atoms with van der Waals surface area (Å²) in [4.78, 5) is 10.8. The molecule has 1 nitrogen and oxygen atoms in total. The molecular formula is C8H2BrClF4O. The Kier molecular flexibility index (Phi) is 3.40. The molecule has 0 N–H and O–H groups in total. The first kappa shape index (κ1) is 12.4. The number of hydrogen-bond donors (Lipinski definition) is 0. The molecule has 0 unspecified atom stereocenters. The van der Waals surface area contributed by atoms with Crippen molar-refractivity contribution in [2.75, 3.05) is 0 Å². The second-order valence-corrected chi connectivity index (χ2v) is 3.78. The van der Waals surface area contributed by atoms with E-state index in [1.807, 2.05) is 0 Å². The summed E-state index contributed by atoms with van der Waals surface area (Å²) in [6.45, 7) is 0. The molecule has 0 aliphatic carbocycles. The van der Waals surface area contributed by atoms with Gasteiger partial charge in [-0.3, -0.25) is 4.79 Å². The molecule has 0 amide bonds. The average Bonchev–Trinajstić information content (AvgIpc) is 2.10. The van der Waals surface area contributed by atoms with Crippen molar-refractivity contribution in [3.05, 3.63) is 33.0 Å². The zero-order chi connectivity index (χ0) is 11.8. The van der Waals surface area contributed by atoms with Crippen LogP contribution >= 0.6 is 27.5 Å². The summed E-state index contributed by atoms with van der Waals surface area (Å²) in [6, 6.07) is 1.85. The van der Waals surface area contributed by atoms with E-state index in [1.165, 1.54) is 0 Å². The van der Waals surface area contributed by atoms with Crippen LogP contribution in [0.4, 0.5) is 17.6 Å². The third-order valence-electron chi connectivity index (χ3n) is 1.53. The van der Waals surface area contributed by atoms with Gasteiger partial charge in [-0.2, -0.15) is 13.2 Å². The standard InChI is InChI=1S/C8H2BrClF4O/c9-3-1-2-4(11)5(6(3)10)7(15)8(12,13)14/h1-2H. The van der Waals surface area contributed by atoms with Gasteiger partial charge in [-0.05, 0) is 28.1 Å². The molecule has 7 heteroatoms. The highest BCUT2D eigenvalue weighted by Crippen LogP contribution is 2.32. The van der Waals surface area contributed by atoms with Gasteiger partial charge < -0.3 is 0 Å². The van der Waals surface area contributed by atoms with E-state index in [0.717, 1.165) is 12.1 Å². The van der Waals surface area contributed by atoms with Crippen molar-refractivity contribution in [2.45, 2.75) is 6.18 Å². The number of alkyl halides is 3. The highest BCUT2D eigenvalue weighted by molar-refractivity contribution is 9.10. The molecule has 0 aromatic heterocycles. The molecule has 0 aliphatic heterocycles. The van der Waals surface area contributed by atoms with E-state index in [4.69, 9.17) is 11.6 Å². The predicted octanol–water partition coefficient (Wildman–Crippen LogP) is 3.99. The first-order valence-corrected chi connectivity index (χ1v) is 4.67. The van der Waals surface area contributed by atoms with Crippen molar-refractivity contribution in [3.63, 3.8) is 0 Å². The second-order valence-electron chi connectivity index (χ2n) is 2.55. The van der Waals surface area contributed by atoms with Crippen LogP contribution in [0.2, 0.25) is 5.02 Å². The lowest BCUT2D eigenvalue weighted by Gasteiger charge is -2.08. The molecule has 0 heterocycles. The Morgan fingerprint density at radius 2 is 1.87 bits per heavy atom. The van der Waals surface area contributed by atoms with Crippen molar-refractivity contribution in [1.82, 2.24) is 0 Å². The predicted molar refractivity (Wildman–Crippen MR) is 49.5 cm³/mol. The van der Waals surface area contributed by atoms with Gasteiger partial charge in [0, 0.05) is 4.47 Å². The quantitative estimate of drug-likeness (QED) is 0.436. The SMILES string of the molecule is O=C(c1c(F)ccc(Br)c1Cl)C(F)(F)F. The lowest BCUT2D eigenvalue weighted by molar-refractivity contribution is -0.0887. The molecule has 1 rings (SSSR count). The zero-order valence-electron chi connectivity index (χ0n) is 6.83. The van der Waals surface area contributed by atoms with Crippen molar-refractivity contribution in [3.8, 4) is 0 Å². The smallest absolute Gasteiger partial charge is 0.284 e. The average molecular weight is 305 g/mol. The minimum atomic E-state index is -5.15. The number of benzene rings is 1. The maximum Gasteiger partial charge on any atom is 0.455 e. The lowest BCUT2D eigenvalue weighted by Crippen LogP contribution is -2.24. The molecule has 15 heavy (non-hydrogen) atoms. The van der Waals surface area contributed by atoms with Crippen LogP contribution in [-0.4, -0.2) is 12.0 Å². The third-order valence-corrected chi connectivity index (χ3v) is 2.81. The van der Waals surface area contributed by atoms with Gasteiger partial charge in [0.05, 0.1) is 10.6 Å². The van der Waals surface area contributed by atoms with Gasteiger partial charge in [0.2, 0.25) is 0 Å². The van der Waals surface area contributed by atoms with Crippen LogP contribution in [0.25, 0.3) is 0 Å². The Balaban J connectivity index is 3.38. The van der Waals surface area contributed by atoms with Crippen LogP contribution in [0.1, 0.15) is 10.4 Å². The summed E-state index contributed by atoms with van der Waals surface area (Å²) in [5.41, 5.74) is -1.17. The zero-order valence-corrected chi connectivity index (χ0v) is 9.17. The molecule has 82 valence electrons. The van der Waals surface area contributed by atoms with E-state index in [-0.39, 0.29) is 4.47 Å². The van der Waals surface area contributed by atoms with E-state index < -0.39 is 28.4 Å². The van der Waals surface area contributed by atoms with E-state index in [9.17, 15) is 22.4 Å². The molecule has 1 aromatic rings. The molecule has 0 radical (unpaired) electrons. The fourth-order valence-corrected chi connectivity index (χ4v) is 1.45. The molecule has 0 aliphatic rings. The van der Waals surface area contributed by atoms with Crippen molar-refractivity contribution in [2.24, 2.45) is 0 Å². The van der Waals surface area contributed by atoms with Crippen LogP contribution in [0.3, 0.4) is 0 Å². The maximum atomic E-state index is 13.0. The number of hydrogen-bond acceptors (Lipinski definition) is 1. The Labute approximate surface area is 95.2 Å². The summed E-state index contributed by atoms with van der Waals surface area (Å²) in [6.07, 6.45) is -5.15. The topological polar surface area (TPSA) is 17.1 Å². The molecule has 0 saturated carbocycles. The Morgan fingerprint density at radius 3 is 2.33 bits per heavy atom. The minimum absolute atomic E-state index is 0.0261. The van der Waals surface area contributed by atoms with Gasteiger partial charge >= 0.3 is 6.18 Å². The normalized spacial score (nSPS) is 11.6. The molecule has 1 aromatic carbocycles. The van der Waals surface area contributed by atoms with Crippen molar-refractivity contribution < 1.29 is 22.4 Å². The van der Waals surface area contributed by atoms with Gasteiger partial charge in [-0.15, -0.1) is 0 Å². The van der Waals surface area contributed by atoms with Gasteiger partial charge in [0.1, 0.15) is 5.82 Å². The summed E-state index contributed by atoms with van der Waals surface area (Å²) >= 11 is 8.19. The Bertz CT molecular complexity index is 416. The van der Waals surface area contributed by atoms with Crippen molar-refractivity contribution >= 4 is 33.3 Å². The minimum Gasteiger partial charge on any atom is -0.284 e. The highest BCUT2D eigenvalue weighted by Gasteiger charge is 2.42. The van der Waals surface area contributed by atoms with Gasteiger partial charge in [0.25, 0.3) is 5.78 Å². The number of carbonyl (C=O) groups is 1. The first-order valence-electron chi connectivity index (χ1n) is 3.50. The van der Waals surface area contributed by atoms with Crippen LogP contribution in [0.15, 0.2) is 16.6 Å². The fraction of sp³-hybridized carbons (Fsp3) is 0.125. The van der Waals surface area contributed by atoms with Crippen molar-refractivity contribution in [1.29, 1.82) is 0 Å². The maximum absolute atomic E-state index is 13.0. The Morgan fingerprint density at radius 1 is 1.33 bits per heavy atom. The largest absolute Gasteiger partial charge is 0.455 e. The monoisotopic (exact) mass is 304 g/mol. The van der Waals surface area contributed by atoms with Gasteiger partial charge in [0.15, 0.2) is 0 Å². The fourth-order valence-electron chi connectivity index (χ4n) is 0.877. The van der Waals surface area contributed by atoms with Crippen LogP contribution in [-0.2, 0) is 0 Å². The van der Waals surface area contributed by atoms with Gasteiger partial charge in [-0.25, -0.2) is 4.39 Å². The Hall–Kier alpha value is -0.620. The summed E-state index contributed by atoms with van der Waals surface area (Å²) < 4.78 is 49.1. The lowest BCUT2D eigenvalue weighted by atomic mass is 10.1.